The van der Waals surface area contributed by atoms with E-state index in [-0.39, 0.29) is 0 Å². The standard InChI is InChI=1S/C27H27N3.C26H32N4.C21H23N3/c1-2-30-26(14-9-17-29-25-12-7-4-8-13-25)19-24-18-23(15-16-27(24)30)21-28-20-22-10-5-3-6-11-22;1-3-30-25(10-7-15-27-23-8-5-4-6-9-23)19-22-18-21(11-12-26(22)30)20-28-24-13-16-29(2)17-14-24;1-3-24-20(10-7-13-23-19-8-5-4-6-9-19)15-18-14-17(16-22-2)11-12-21(18)24/h3-8,10-13,15-16,18-19,28-29H,2,17,20-21H2,1H3;4-6,8-9,11-12,18-19,24,27-28H,3,13-17,20H2,1-2H3;4-6,8-9,11-12,14-15,22-23H,3,13,16H2,1-2H3. The van der Waals surface area contributed by atoms with Gasteiger partial charge in [-0.2, -0.15) is 0 Å². The maximum absolute atomic E-state index is 3.75. The van der Waals surface area contributed by atoms with E-state index in [2.05, 4.69) is 235 Å². The molecule has 0 unspecified atom stereocenters. The van der Waals surface area contributed by atoms with Gasteiger partial charge in [0.2, 0.25) is 0 Å². The van der Waals surface area contributed by atoms with Crippen molar-refractivity contribution in [3.63, 3.8) is 0 Å². The molecule has 10 aromatic rings. The molecular weight excluding hydrogens is 1030 g/mol. The van der Waals surface area contributed by atoms with Crippen LogP contribution >= 0.6 is 0 Å². The third-order valence-corrected chi connectivity index (χ3v) is 15.2. The summed E-state index contributed by atoms with van der Waals surface area (Å²) in [4.78, 5) is 2.41. The molecule has 11 rings (SSSR count). The molecule has 1 aliphatic rings. The van der Waals surface area contributed by atoms with E-state index in [1.807, 2.05) is 79.8 Å². The number of aryl methyl sites for hydroxylation is 3. The number of rotatable bonds is 18. The van der Waals surface area contributed by atoms with Gasteiger partial charge >= 0.3 is 0 Å². The van der Waals surface area contributed by atoms with Gasteiger partial charge in [0.05, 0.1) is 36.7 Å². The van der Waals surface area contributed by atoms with Crippen LogP contribution in [0.4, 0.5) is 17.1 Å². The van der Waals surface area contributed by atoms with Gasteiger partial charge in [-0.25, -0.2) is 0 Å². The molecule has 0 radical (unpaired) electrons. The SMILES string of the molecule is CCn1c(C#CCNc2ccccc2)cc2cc(CNC)ccc21.CCn1c(C#CCNc2ccccc2)cc2cc(CNC3CCN(C)CC3)ccc21.CCn1c(C#CCNc2ccccc2)cc2cc(CNCc3ccccc3)ccc21. The predicted molar refractivity (Wildman–Crippen MR) is 355 cm³/mol. The zero-order chi connectivity index (χ0) is 58.1. The van der Waals surface area contributed by atoms with Crippen molar-refractivity contribution in [2.75, 3.05) is 62.8 Å². The molecule has 1 aliphatic heterocycles. The number of piperidine rings is 1. The molecular formula is C74H82N10. The third kappa shape index (κ3) is 17.1. The summed E-state index contributed by atoms with van der Waals surface area (Å²) in [6.07, 6.45) is 2.48. The highest BCUT2D eigenvalue weighted by molar-refractivity contribution is 5.85. The maximum atomic E-state index is 3.75. The summed E-state index contributed by atoms with van der Waals surface area (Å²) in [5.74, 6) is 19.8. The highest BCUT2D eigenvalue weighted by atomic mass is 15.1. The second-order valence-corrected chi connectivity index (χ2v) is 21.1. The number of fused-ring (bicyclic) bond motifs is 3. The molecule has 0 bridgehead atoms. The van der Waals surface area contributed by atoms with E-state index >= 15 is 0 Å². The molecule has 6 N–H and O–H groups in total. The molecule has 0 saturated carbocycles. The molecule has 0 amide bonds. The van der Waals surface area contributed by atoms with Gasteiger partial charge < -0.3 is 50.5 Å². The first-order valence-electron chi connectivity index (χ1n) is 29.9. The Morgan fingerprint density at radius 3 is 1.14 bits per heavy atom. The molecule has 10 heteroatoms. The first-order chi connectivity index (χ1) is 41.4. The van der Waals surface area contributed by atoms with Crippen molar-refractivity contribution in [1.82, 2.24) is 34.6 Å². The smallest absolute Gasteiger partial charge is 0.0931 e. The Labute approximate surface area is 499 Å². The van der Waals surface area contributed by atoms with Crippen LogP contribution in [0, 0.1) is 35.5 Å². The van der Waals surface area contributed by atoms with Gasteiger partial charge in [0.25, 0.3) is 0 Å². The first-order valence-corrected chi connectivity index (χ1v) is 29.9. The van der Waals surface area contributed by atoms with Crippen LogP contribution in [-0.4, -0.2) is 71.5 Å². The lowest BCUT2D eigenvalue weighted by Gasteiger charge is -2.29. The molecule has 7 aromatic carbocycles. The van der Waals surface area contributed by atoms with Crippen LogP contribution in [0.2, 0.25) is 0 Å². The molecule has 84 heavy (non-hydrogen) atoms. The number of hydrogen-bond acceptors (Lipinski definition) is 7. The highest BCUT2D eigenvalue weighted by Gasteiger charge is 2.16. The molecule has 10 nitrogen and oxygen atoms in total. The summed E-state index contributed by atoms with van der Waals surface area (Å²) < 4.78 is 6.86. The summed E-state index contributed by atoms with van der Waals surface area (Å²) in [5, 5.41) is 24.3. The molecule has 1 fully saturated rings. The number of aromatic nitrogens is 3. The monoisotopic (exact) mass is 1110 g/mol. The zero-order valence-electron chi connectivity index (χ0n) is 49.7. The molecule has 4 heterocycles. The maximum Gasteiger partial charge on any atom is 0.0931 e. The fourth-order valence-corrected chi connectivity index (χ4v) is 10.8. The largest absolute Gasteiger partial charge is 0.374 e. The number of nitrogens with zero attached hydrogens (tertiary/aromatic N) is 4. The normalized spacial score (nSPS) is 12.2. The number of para-hydroxylation sites is 3. The van der Waals surface area contributed by atoms with E-state index in [9.17, 15) is 0 Å². The Hall–Kier alpha value is -8.92. The van der Waals surface area contributed by atoms with Crippen LogP contribution in [0.1, 0.15) is 72.9 Å². The van der Waals surface area contributed by atoms with Crippen molar-refractivity contribution in [2.24, 2.45) is 0 Å². The number of anilines is 3. The lowest BCUT2D eigenvalue weighted by Crippen LogP contribution is -2.40. The van der Waals surface area contributed by atoms with Crippen molar-refractivity contribution < 1.29 is 0 Å². The van der Waals surface area contributed by atoms with Crippen molar-refractivity contribution in [1.29, 1.82) is 0 Å². The van der Waals surface area contributed by atoms with E-state index in [0.717, 1.165) is 80.0 Å². The topological polar surface area (TPSA) is 90.2 Å². The Kier molecular flexibility index (Phi) is 22.4. The van der Waals surface area contributed by atoms with Crippen LogP contribution in [0.5, 0.6) is 0 Å². The van der Waals surface area contributed by atoms with Crippen LogP contribution in [0.25, 0.3) is 32.7 Å². The van der Waals surface area contributed by atoms with Gasteiger partial charge in [-0.15, -0.1) is 0 Å². The fourth-order valence-electron chi connectivity index (χ4n) is 10.8. The lowest BCUT2D eigenvalue weighted by atomic mass is 10.0. The van der Waals surface area contributed by atoms with E-state index in [1.54, 1.807) is 0 Å². The molecule has 0 aliphatic carbocycles. The van der Waals surface area contributed by atoms with E-state index in [4.69, 9.17) is 0 Å². The average Bonchev–Trinajstić information content (AvgIpc) is 3.70. The third-order valence-electron chi connectivity index (χ3n) is 15.2. The van der Waals surface area contributed by atoms with Crippen molar-refractivity contribution in [3.8, 4) is 35.5 Å². The number of benzene rings is 7. The van der Waals surface area contributed by atoms with Crippen LogP contribution in [-0.2, 0) is 45.8 Å². The molecule has 428 valence electrons. The van der Waals surface area contributed by atoms with Crippen molar-refractivity contribution in [2.45, 2.75) is 85.5 Å². The van der Waals surface area contributed by atoms with Crippen LogP contribution in [0.15, 0.2) is 194 Å². The molecule has 0 spiro atoms. The van der Waals surface area contributed by atoms with Crippen LogP contribution in [0.3, 0.4) is 0 Å². The summed E-state index contributed by atoms with van der Waals surface area (Å²) in [7, 11) is 4.18. The Balaban J connectivity index is 0.000000152. The van der Waals surface area contributed by atoms with Gasteiger partial charge in [0, 0.05) is 102 Å². The van der Waals surface area contributed by atoms with Gasteiger partial charge in [0.15, 0.2) is 0 Å². The summed E-state index contributed by atoms with van der Waals surface area (Å²) in [6.45, 7) is 17.1. The molecule has 3 aromatic heterocycles. The quantitative estimate of drug-likeness (QED) is 0.0477. The minimum atomic E-state index is 0.629. The average molecular weight is 1110 g/mol. The number of likely N-dealkylation sites (tertiary alicyclic amines) is 1. The summed E-state index contributed by atoms with van der Waals surface area (Å²) >= 11 is 0. The Morgan fingerprint density at radius 1 is 0.405 bits per heavy atom. The minimum absolute atomic E-state index is 0.629. The van der Waals surface area contributed by atoms with Crippen LogP contribution < -0.4 is 31.9 Å². The van der Waals surface area contributed by atoms with E-state index < -0.39 is 0 Å². The second kappa shape index (κ2) is 31.5. The summed E-state index contributed by atoms with van der Waals surface area (Å²) in [6, 6.07) is 68.4. The van der Waals surface area contributed by atoms with Gasteiger partial charge in [-0.3, -0.25) is 0 Å². The highest BCUT2D eigenvalue weighted by Crippen LogP contribution is 2.25. The number of nitrogens with one attached hydrogen (secondary N) is 6. The van der Waals surface area contributed by atoms with Gasteiger partial charge in [-0.05, 0) is 192 Å². The lowest BCUT2D eigenvalue weighted by molar-refractivity contribution is 0.234. The first kappa shape index (κ1) is 59.7. The molecule has 1 saturated heterocycles. The van der Waals surface area contributed by atoms with Gasteiger partial charge in [-0.1, -0.05) is 121 Å². The Morgan fingerprint density at radius 2 is 0.762 bits per heavy atom. The van der Waals surface area contributed by atoms with Crippen molar-refractivity contribution >= 4 is 49.8 Å². The van der Waals surface area contributed by atoms with E-state index in [1.165, 1.54) is 80.9 Å². The second-order valence-electron chi connectivity index (χ2n) is 21.1. The number of hydrogen-bond donors (Lipinski definition) is 6. The predicted octanol–water partition coefficient (Wildman–Crippen LogP) is 13.6. The van der Waals surface area contributed by atoms with Gasteiger partial charge in [0.1, 0.15) is 0 Å². The molecule has 0 atom stereocenters. The minimum Gasteiger partial charge on any atom is -0.374 e. The van der Waals surface area contributed by atoms with E-state index in [0.29, 0.717) is 25.7 Å². The fraction of sp³-hybridized carbons (Fsp3) is 0.270. The summed E-state index contributed by atoms with van der Waals surface area (Å²) in [5.41, 5.74) is 15.5. The Bertz CT molecular complexity index is 3830. The zero-order valence-corrected chi connectivity index (χ0v) is 49.7. The van der Waals surface area contributed by atoms with Crippen molar-refractivity contribution in [3.05, 3.63) is 233 Å².